The fraction of sp³-hybridized carbons (Fsp3) is 0.560. The molecule has 0 radical (unpaired) electrons. The van der Waals surface area contributed by atoms with Crippen LogP contribution >= 0.6 is 11.6 Å². The molecule has 0 spiro atoms. The second-order valence-electron chi connectivity index (χ2n) is 9.42. The van der Waals surface area contributed by atoms with Gasteiger partial charge < -0.3 is 20.9 Å². The minimum atomic E-state index is -0.624. The Morgan fingerprint density at radius 2 is 1.85 bits per heavy atom. The van der Waals surface area contributed by atoms with E-state index in [1.165, 1.54) is 63.0 Å². The van der Waals surface area contributed by atoms with Gasteiger partial charge in [-0.2, -0.15) is 0 Å². The van der Waals surface area contributed by atoms with Crippen molar-refractivity contribution in [2.45, 2.75) is 57.9 Å². The molecule has 1 amide bonds. The molecule has 2 aliphatic rings. The SMILES string of the molecule is CCc1nc(C(N)=O)c(Nc2ccc(C3CCN(C4CCN(C)CC4)CC3)c(C)c2)nc1Cl. The molecule has 2 aromatic rings. The number of aryl methyl sites for hydroxylation is 2. The number of anilines is 2. The van der Waals surface area contributed by atoms with Crippen molar-refractivity contribution >= 4 is 29.0 Å². The Morgan fingerprint density at radius 3 is 2.45 bits per heavy atom. The van der Waals surface area contributed by atoms with Gasteiger partial charge >= 0.3 is 0 Å². The number of benzene rings is 1. The standard InChI is InChI=1S/C25H35ClN6O/c1-4-21-23(26)30-25(22(29-21)24(27)33)28-18-5-6-20(16(2)15-18)17-7-13-32(14-8-17)19-9-11-31(3)12-10-19/h5-6,15,17,19H,4,7-14H2,1-3H3,(H2,27,33)(H,28,30). The third kappa shape index (κ3) is 5.48. The van der Waals surface area contributed by atoms with Crippen LogP contribution in [0.3, 0.4) is 0 Å². The van der Waals surface area contributed by atoms with Gasteiger partial charge in [0.15, 0.2) is 16.7 Å². The smallest absolute Gasteiger partial charge is 0.271 e. The molecule has 2 fully saturated rings. The van der Waals surface area contributed by atoms with Crippen molar-refractivity contribution in [2.24, 2.45) is 5.73 Å². The molecule has 2 saturated heterocycles. The molecule has 8 heteroatoms. The maximum Gasteiger partial charge on any atom is 0.271 e. The second-order valence-corrected chi connectivity index (χ2v) is 9.78. The summed E-state index contributed by atoms with van der Waals surface area (Å²) in [6.07, 6.45) is 5.56. The lowest BCUT2D eigenvalue weighted by molar-refractivity contribution is 0.0966. The number of hydrogen-bond acceptors (Lipinski definition) is 6. The number of nitrogens with zero attached hydrogens (tertiary/aromatic N) is 4. The number of primary amides is 1. The molecule has 178 valence electrons. The first-order valence-electron chi connectivity index (χ1n) is 12.0. The van der Waals surface area contributed by atoms with Gasteiger partial charge in [0.05, 0.1) is 5.69 Å². The summed E-state index contributed by atoms with van der Waals surface area (Å²) in [6, 6.07) is 7.10. The van der Waals surface area contributed by atoms with Crippen LogP contribution in [0.5, 0.6) is 0 Å². The summed E-state index contributed by atoms with van der Waals surface area (Å²) < 4.78 is 0. The number of likely N-dealkylation sites (tertiary alicyclic amines) is 2. The highest BCUT2D eigenvalue weighted by Crippen LogP contribution is 2.34. The van der Waals surface area contributed by atoms with E-state index in [1.54, 1.807) is 0 Å². The van der Waals surface area contributed by atoms with Crippen LogP contribution in [0.25, 0.3) is 0 Å². The third-order valence-electron chi connectivity index (χ3n) is 7.19. The van der Waals surface area contributed by atoms with E-state index in [0.717, 1.165) is 11.7 Å². The molecule has 0 atom stereocenters. The predicted molar refractivity (Wildman–Crippen MR) is 133 cm³/mol. The number of aromatic nitrogens is 2. The number of piperidine rings is 2. The molecule has 0 aliphatic carbocycles. The zero-order valence-corrected chi connectivity index (χ0v) is 20.7. The van der Waals surface area contributed by atoms with Crippen molar-refractivity contribution in [1.82, 2.24) is 19.8 Å². The topological polar surface area (TPSA) is 87.4 Å². The van der Waals surface area contributed by atoms with Gasteiger partial charge in [-0.1, -0.05) is 24.6 Å². The molecule has 0 unspecified atom stereocenters. The molecule has 2 aliphatic heterocycles. The number of halogens is 1. The quantitative estimate of drug-likeness (QED) is 0.660. The lowest BCUT2D eigenvalue weighted by atomic mass is 9.85. The van der Waals surface area contributed by atoms with Gasteiger partial charge in [0.1, 0.15) is 0 Å². The van der Waals surface area contributed by atoms with Crippen LogP contribution in [-0.4, -0.2) is 64.9 Å². The number of hydrogen-bond donors (Lipinski definition) is 2. The molecule has 33 heavy (non-hydrogen) atoms. The van der Waals surface area contributed by atoms with Crippen molar-refractivity contribution in [1.29, 1.82) is 0 Å². The van der Waals surface area contributed by atoms with E-state index in [4.69, 9.17) is 17.3 Å². The summed E-state index contributed by atoms with van der Waals surface area (Å²) in [5.74, 6) is 0.255. The molecule has 1 aromatic heterocycles. The van der Waals surface area contributed by atoms with Crippen molar-refractivity contribution in [3.8, 4) is 0 Å². The molecular weight excluding hydrogens is 436 g/mol. The van der Waals surface area contributed by atoms with E-state index in [1.807, 2.05) is 13.0 Å². The Balaban J connectivity index is 1.43. The maximum absolute atomic E-state index is 11.9. The molecule has 3 N–H and O–H groups in total. The van der Waals surface area contributed by atoms with Gasteiger partial charge in [-0.15, -0.1) is 0 Å². The number of carbonyl (C=O) groups excluding carboxylic acids is 1. The Labute approximate surface area is 201 Å². The Morgan fingerprint density at radius 1 is 1.15 bits per heavy atom. The Hall–Kier alpha value is -2.22. The number of rotatable bonds is 6. The van der Waals surface area contributed by atoms with E-state index in [2.05, 4.69) is 51.2 Å². The highest BCUT2D eigenvalue weighted by molar-refractivity contribution is 6.30. The van der Waals surface area contributed by atoms with E-state index in [9.17, 15) is 4.79 Å². The summed E-state index contributed by atoms with van der Waals surface area (Å²) in [4.78, 5) is 25.7. The zero-order valence-electron chi connectivity index (χ0n) is 19.9. The Kier molecular flexibility index (Phi) is 7.51. The minimum Gasteiger partial charge on any atom is -0.364 e. The van der Waals surface area contributed by atoms with Crippen LogP contribution in [0.4, 0.5) is 11.5 Å². The summed E-state index contributed by atoms with van der Waals surface area (Å²) >= 11 is 6.23. The number of carbonyl (C=O) groups is 1. The normalized spacial score (nSPS) is 19.0. The van der Waals surface area contributed by atoms with E-state index < -0.39 is 5.91 Å². The van der Waals surface area contributed by atoms with Gasteiger partial charge in [0.25, 0.3) is 5.91 Å². The highest BCUT2D eigenvalue weighted by atomic mass is 35.5. The third-order valence-corrected chi connectivity index (χ3v) is 7.50. The van der Waals surface area contributed by atoms with Crippen LogP contribution in [0, 0.1) is 6.92 Å². The van der Waals surface area contributed by atoms with Crippen LogP contribution in [0.15, 0.2) is 18.2 Å². The average Bonchev–Trinajstić information content (AvgIpc) is 2.80. The maximum atomic E-state index is 11.9. The van der Waals surface area contributed by atoms with Crippen LogP contribution in [0.2, 0.25) is 5.15 Å². The van der Waals surface area contributed by atoms with Crippen LogP contribution in [0.1, 0.15) is 65.8 Å². The summed E-state index contributed by atoms with van der Waals surface area (Å²) in [6.45, 7) is 8.85. The minimum absolute atomic E-state index is 0.110. The monoisotopic (exact) mass is 470 g/mol. The first-order valence-corrected chi connectivity index (χ1v) is 12.4. The van der Waals surface area contributed by atoms with Gasteiger partial charge in [0, 0.05) is 11.7 Å². The van der Waals surface area contributed by atoms with E-state index >= 15 is 0 Å². The number of nitrogens with two attached hydrogens (primary N) is 1. The van der Waals surface area contributed by atoms with Gasteiger partial charge in [0.2, 0.25) is 0 Å². The van der Waals surface area contributed by atoms with Gasteiger partial charge in [-0.25, -0.2) is 9.97 Å². The fourth-order valence-corrected chi connectivity index (χ4v) is 5.48. The summed E-state index contributed by atoms with van der Waals surface area (Å²) in [7, 11) is 2.22. The van der Waals surface area contributed by atoms with Crippen molar-refractivity contribution in [3.63, 3.8) is 0 Å². The Bertz CT molecular complexity index is 997. The molecule has 0 saturated carbocycles. The first kappa shape index (κ1) is 23.9. The van der Waals surface area contributed by atoms with Crippen molar-refractivity contribution in [2.75, 3.05) is 38.5 Å². The first-order chi connectivity index (χ1) is 15.9. The lowest BCUT2D eigenvalue weighted by Crippen LogP contribution is -2.46. The molecule has 1 aromatic carbocycles. The molecule has 7 nitrogen and oxygen atoms in total. The molecule has 0 bridgehead atoms. The van der Waals surface area contributed by atoms with Gasteiger partial charge in [-0.05, 0) is 101 Å². The van der Waals surface area contributed by atoms with E-state index in [0.29, 0.717) is 23.9 Å². The van der Waals surface area contributed by atoms with E-state index in [-0.39, 0.29) is 10.8 Å². The molecule has 3 heterocycles. The highest BCUT2D eigenvalue weighted by Gasteiger charge is 2.28. The van der Waals surface area contributed by atoms with Crippen LogP contribution in [-0.2, 0) is 6.42 Å². The van der Waals surface area contributed by atoms with Crippen molar-refractivity contribution in [3.05, 3.63) is 45.9 Å². The zero-order chi connectivity index (χ0) is 23.5. The lowest BCUT2D eigenvalue weighted by Gasteiger charge is -2.41. The average molecular weight is 471 g/mol. The van der Waals surface area contributed by atoms with Crippen molar-refractivity contribution < 1.29 is 4.79 Å². The molecule has 4 rings (SSSR count). The fourth-order valence-electron chi connectivity index (χ4n) is 5.22. The second kappa shape index (κ2) is 10.4. The predicted octanol–water partition coefficient (Wildman–Crippen LogP) is 4.12. The summed E-state index contributed by atoms with van der Waals surface area (Å²) in [5, 5.41) is 3.49. The van der Waals surface area contributed by atoms with Crippen LogP contribution < -0.4 is 11.1 Å². The molecular formula is C25H35ClN6O. The summed E-state index contributed by atoms with van der Waals surface area (Å²) in [5.41, 5.74) is 9.70. The number of nitrogens with one attached hydrogen (secondary N) is 1. The van der Waals surface area contributed by atoms with Gasteiger partial charge in [-0.3, -0.25) is 4.79 Å². The largest absolute Gasteiger partial charge is 0.364 e. The number of amides is 1.